The lowest BCUT2D eigenvalue weighted by Crippen LogP contribution is -2.62. The summed E-state index contributed by atoms with van der Waals surface area (Å²) in [5, 5.41) is 2.94. The highest BCUT2D eigenvalue weighted by molar-refractivity contribution is 5.89. The van der Waals surface area contributed by atoms with Crippen molar-refractivity contribution in [1.29, 1.82) is 0 Å². The minimum Gasteiger partial charge on any atom is -0.448 e. The third-order valence-electron chi connectivity index (χ3n) is 7.00. The molecule has 0 unspecified atom stereocenters. The maximum Gasteiger partial charge on any atom is 0.410 e. The molecule has 9 nitrogen and oxygen atoms in total. The SMILES string of the molecule is CC[C@@H](C=NC)NC(=O)[C@@H]1CN(C(=O)OC(C)(C)C)CCN1C(=O)OCC1c2ccccc2-c2ccccc21. The van der Waals surface area contributed by atoms with Gasteiger partial charge in [-0.15, -0.1) is 0 Å². The van der Waals surface area contributed by atoms with Crippen molar-refractivity contribution >= 4 is 24.3 Å². The molecule has 2 aromatic rings. The Labute approximate surface area is 230 Å². The van der Waals surface area contributed by atoms with Crippen LogP contribution in [0.2, 0.25) is 0 Å². The van der Waals surface area contributed by atoms with Crippen LogP contribution >= 0.6 is 0 Å². The molecule has 0 saturated carbocycles. The molecule has 2 atom stereocenters. The molecule has 4 rings (SSSR count). The van der Waals surface area contributed by atoms with Crippen LogP contribution in [0.15, 0.2) is 53.5 Å². The maximum atomic E-state index is 13.4. The second-order valence-electron chi connectivity index (χ2n) is 10.9. The molecule has 208 valence electrons. The van der Waals surface area contributed by atoms with Crippen LogP contribution in [0.4, 0.5) is 9.59 Å². The highest BCUT2D eigenvalue weighted by Crippen LogP contribution is 2.44. The number of benzene rings is 2. The number of amides is 3. The second-order valence-corrected chi connectivity index (χ2v) is 10.9. The van der Waals surface area contributed by atoms with Crippen molar-refractivity contribution in [3.63, 3.8) is 0 Å². The Morgan fingerprint density at radius 2 is 1.64 bits per heavy atom. The number of rotatable bonds is 6. The van der Waals surface area contributed by atoms with Gasteiger partial charge in [0, 0.05) is 32.3 Å². The molecule has 1 N–H and O–H groups in total. The summed E-state index contributed by atoms with van der Waals surface area (Å²) in [6.07, 6.45) is 1.19. The molecular weight excluding hydrogens is 496 g/mol. The van der Waals surface area contributed by atoms with Crippen LogP contribution in [-0.2, 0) is 14.3 Å². The van der Waals surface area contributed by atoms with E-state index in [-0.39, 0.29) is 44.1 Å². The number of nitrogens with one attached hydrogen (secondary N) is 1. The fourth-order valence-corrected chi connectivity index (χ4v) is 5.10. The highest BCUT2D eigenvalue weighted by Gasteiger charge is 2.40. The molecule has 1 saturated heterocycles. The molecule has 3 amide bonds. The summed E-state index contributed by atoms with van der Waals surface area (Å²) in [5.74, 6) is -0.467. The first-order valence-electron chi connectivity index (χ1n) is 13.4. The summed E-state index contributed by atoms with van der Waals surface area (Å²) in [6.45, 7) is 7.83. The van der Waals surface area contributed by atoms with Crippen LogP contribution in [0.5, 0.6) is 0 Å². The van der Waals surface area contributed by atoms with Gasteiger partial charge in [-0.2, -0.15) is 0 Å². The van der Waals surface area contributed by atoms with Gasteiger partial charge in [0.2, 0.25) is 5.91 Å². The van der Waals surface area contributed by atoms with Crippen LogP contribution in [0.25, 0.3) is 11.1 Å². The molecule has 1 heterocycles. The molecule has 2 aromatic carbocycles. The second kappa shape index (κ2) is 11.9. The van der Waals surface area contributed by atoms with Crippen molar-refractivity contribution in [2.75, 3.05) is 33.3 Å². The van der Waals surface area contributed by atoms with Crippen LogP contribution in [-0.4, -0.2) is 85.1 Å². The number of hydrogen-bond donors (Lipinski definition) is 1. The van der Waals surface area contributed by atoms with E-state index in [1.165, 1.54) is 9.80 Å². The monoisotopic (exact) mass is 534 g/mol. The Hall–Kier alpha value is -3.88. The smallest absolute Gasteiger partial charge is 0.410 e. The molecule has 0 aromatic heterocycles. The number of aliphatic imine (C=N–C) groups is 1. The number of nitrogens with zero attached hydrogens (tertiary/aromatic N) is 3. The summed E-state index contributed by atoms with van der Waals surface area (Å²) < 4.78 is 11.4. The topological polar surface area (TPSA) is 101 Å². The Morgan fingerprint density at radius 3 is 2.21 bits per heavy atom. The summed E-state index contributed by atoms with van der Waals surface area (Å²) in [6, 6.07) is 15.0. The zero-order valence-electron chi connectivity index (χ0n) is 23.3. The molecule has 0 radical (unpaired) electrons. The van der Waals surface area contributed by atoms with Gasteiger partial charge in [-0.3, -0.25) is 14.7 Å². The summed E-state index contributed by atoms with van der Waals surface area (Å²) >= 11 is 0. The number of ether oxygens (including phenoxy) is 2. The van der Waals surface area contributed by atoms with Crippen LogP contribution in [0, 0.1) is 0 Å². The van der Waals surface area contributed by atoms with Crippen LogP contribution in [0.1, 0.15) is 51.2 Å². The molecule has 9 heteroatoms. The molecule has 0 bridgehead atoms. The third-order valence-corrected chi connectivity index (χ3v) is 7.00. The average molecular weight is 535 g/mol. The largest absolute Gasteiger partial charge is 0.448 e. The highest BCUT2D eigenvalue weighted by atomic mass is 16.6. The van der Waals surface area contributed by atoms with E-state index >= 15 is 0 Å². The van der Waals surface area contributed by atoms with Crippen LogP contribution in [0.3, 0.4) is 0 Å². The van der Waals surface area contributed by atoms with Gasteiger partial charge in [0.1, 0.15) is 18.2 Å². The van der Waals surface area contributed by atoms with Gasteiger partial charge >= 0.3 is 12.2 Å². The minimum atomic E-state index is -0.929. The minimum absolute atomic E-state index is 0.00461. The standard InChI is InChI=1S/C30H38N4O5/c1-6-20(17-31-5)32-27(35)26-18-33(28(36)39-30(2,3)4)15-16-34(26)29(37)38-19-25-23-13-9-7-11-21(23)22-12-8-10-14-24(22)25/h7-14,17,20,25-26H,6,15-16,18-19H2,1-5H3,(H,32,35)/t20-,26-/m0/s1. The van der Waals surface area contributed by atoms with Crippen LogP contribution < -0.4 is 5.32 Å². The molecule has 1 aliphatic heterocycles. The number of fused-ring (bicyclic) bond motifs is 3. The van der Waals surface area contributed by atoms with Crippen molar-refractivity contribution in [1.82, 2.24) is 15.1 Å². The van der Waals surface area contributed by atoms with Gasteiger partial charge in [-0.1, -0.05) is 55.5 Å². The van der Waals surface area contributed by atoms with E-state index in [2.05, 4.69) is 34.6 Å². The first kappa shape index (κ1) is 28.1. The average Bonchev–Trinajstić information content (AvgIpc) is 3.23. The fourth-order valence-electron chi connectivity index (χ4n) is 5.10. The zero-order valence-corrected chi connectivity index (χ0v) is 23.3. The Bertz CT molecular complexity index is 1190. The Kier molecular flexibility index (Phi) is 8.57. The zero-order chi connectivity index (χ0) is 28.2. The molecule has 1 aliphatic carbocycles. The van der Waals surface area contributed by atoms with E-state index in [4.69, 9.17) is 9.47 Å². The fraction of sp³-hybridized carbons (Fsp3) is 0.467. The van der Waals surface area contributed by atoms with Crippen molar-refractivity contribution in [3.05, 3.63) is 59.7 Å². The van der Waals surface area contributed by atoms with E-state index < -0.39 is 23.8 Å². The summed E-state index contributed by atoms with van der Waals surface area (Å²) in [5.41, 5.74) is 3.82. The number of piperazine rings is 1. The van der Waals surface area contributed by atoms with E-state index in [1.807, 2.05) is 31.2 Å². The first-order chi connectivity index (χ1) is 18.6. The van der Waals surface area contributed by atoms with E-state index in [1.54, 1.807) is 34.0 Å². The van der Waals surface area contributed by atoms with Gasteiger partial charge in [0.25, 0.3) is 0 Å². The van der Waals surface area contributed by atoms with Gasteiger partial charge in [-0.05, 0) is 49.4 Å². The number of carbonyl (C=O) groups is 3. The predicted octanol–water partition coefficient (Wildman–Crippen LogP) is 4.45. The summed E-state index contributed by atoms with van der Waals surface area (Å²) in [4.78, 5) is 46.5. The predicted molar refractivity (Wildman–Crippen MR) is 150 cm³/mol. The Balaban J connectivity index is 1.51. The molecule has 2 aliphatic rings. The van der Waals surface area contributed by atoms with E-state index in [0.29, 0.717) is 6.42 Å². The lowest BCUT2D eigenvalue weighted by molar-refractivity contribution is -0.128. The van der Waals surface area contributed by atoms with E-state index in [0.717, 1.165) is 22.3 Å². The van der Waals surface area contributed by atoms with Gasteiger partial charge in [0.05, 0.1) is 12.6 Å². The van der Waals surface area contributed by atoms with Gasteiger partial charge < -0.3 is 19.7 Å². The molecule has 39 heavy (non-hydrogen) atoms. The maximum absolute atomic E-state index is 13.4. The lowest BCUT2D eigenvalue weighted by atomic mass is 9.98. The molecule has 1 fully saturated rings. The van der Waals surface area contributed by atoms with Gasteiger partial charge in [-0.25, -0.2) is 9.59 Å². The quantitative estimate of drug-likeness (QED) is 0.552. The normalized spacial score (nSPS) is 17.9. The van der Waals surface area contributed by atoms with Crippen molar-refractivity contribution < 1.29 is 23.9 Å². The van der Waals surface area contributed by atoms with E-state index in [9.17, 15) is 14.4 Å². The third kappa shape index (κ3) is 6.41. The molecule has 0 spiro atoms. The van der Waals surface area contributed by atoms with Gasteiger partial charge in [0.15, 0.2) is 0 Å². The number of carbonyl (C=O) groups excluding carboxylic acids is 3. The number of hydrogen-bond acceptors (Lipinski definition) is 6. The van der Waals surface area contributed by atoms with Crippen molar-refractivity contribution in [2.24, 2.45) is 4.99 Å². The Morgan fingerprint density at radius 1 is 1.03 bits per heavy atom. The molecular formula is C30H38N4O5. The van der Waals surface area contributed by atoms with Crippen molar-refractivity contribution in [3.8, 4) is 11.1 Å². The summed E-state index contributed by atoms with van der Waals surface area (Å²) in [7, 11) is 1.64. The lowest BCUT2D eigenvalue weighted by Gasteiger charge is -2.40. The first-order valence-corrected chi connectivity index (χ1v) is 13.4. The van der Waals surface area contributed by atoms with Crippen molar-refractivity contribution in [2.45, 2.75) is 57.7 Å².